The number of benzene rings is 3. The first-order valence-electron chi connectivity index (χ1n) is 6.74. The number of carbonyl (C=O) groups excluding carboxylic acids is 1. The quantitative estimate of drug-likeness (QED) is 0.740. The number of fused-ring (bicyclic) bond motifs is 1. The average molecular weight is 277 g/mol. The van der Waals surface area contributed by atoms with Crippen molar-refractivity contribution < 1.29 is 9.90 Å². The van der Waals surface area contributed by atoms with Crippen LogP contribution in [0.1, 0.15) is 15.9 Å². The Bertz CT molecular complexity index is 824. The van der Waals surface area contributed by atoms with Gasteiger partial charge in [0.05, 0.1) is 5.56 Å². The van der Waals surface area contributed by atoms with Gasteiger partial charge in [0.25, 0.3) is 5.91 Å². The molecule has 3 rings (SSSR count). The van der Waals surface area contributed by atoms with Crippen molar-refractivity contribution in [3.05, 3.63) is 71.8 Å². The zero-order valence-corrected chi connectivity index (χ0v) is 11.6. The molecule has 0 atom stereocenters. The minimum Gasteiger partial charge on any atom is -0.507 e. The molecular formula is C18H15NO2. The van der Waals surface area contributed by atoms with Crippen LogP contribution in [0.15, 0.2) is 60.7 Å². The van der Waals surface area contributed by atoms with Crippen LogP contribution in [0.4, 0.5) is 5.69 Å². The van der Waals surface area contributed by atoms with Crippen molar-refractivity contribution in [1.82, 2.24) is 0 Å². The minimum absolute atomic E-state index is 0.0141. The molecule has 0 aliphatic rings. The van der Waals surface area contributed by atoms with Gasteiger partial charge in [-0.1, -0.05) is 48.5 Å². The van der Waals surface area contributed by atoms with Gasteiger partial charge in [0.15, 0.2) is 0 Å². The Morgan fingerprint density at radius 1 is 0.952 bits per heavy atom. The van der Waals surface area contributed by atoms with E-state index in [1.807, 2.05) is 55.5 Å². The maximum Gasteiger partial charge on any atom is 0.260 e. The van der Waals surface area contributed by atoms with Gasteiger partial charge in [-0.25, -0.2) is 0 Å². The van der Waals surface area contributed by atoms with E-state index in [0.29, 0.717) is 5.56 Å². The molecule has 104 valence electrons. The largest absolute Gasteiger partial charge is 0.507 e. The fourth-order valence-electron chi connectivity index (χ4n) is 2.40. The Morgan fingerprint density at radius 2 is 1.67 bits per heavy atom. The molecule has 3 aromatic carbocycles. The number of aromatic hydroxyl groups is 1. The first kappa shape index (κ1) is 13.2. The van der Waals surface area contributed by atoms with E-state index >= 15 is 0 Å². The number of para-hydroxylation sites is 1. The third kappa shape index (κ3) is 2.46. The lowest BCUT2D eigenvalue weighted by molar-refractivity contribution is 0.102. The number of nitrogens with one attached hydrogen (secondary N) is 1. The van der Waals surface area contributed by atoms with Crippen molar-refractivity contribution in [2.24, 2.45) is 0 Å². The second-order valence-corrected chi connectivity index (χ2v) is 4.95. The molecule has 0 spiro atoms. The number of aryl methyl sites for hydroxylation is 1. The normalized spacial score (nSPS) is 10.5. The molecule has 0 aliphatic carbocycles. The summed E-state index contributed by atoms with van der Waals surface area (Å²) in [5.74, 6) is -0.321. The summed E-state index contributed by atoms with van der Waals surface area (Å²) in [5.41, 5.74) is 2.02. The van der Waals surface area contributed by atoms with Gasteiger partial charge in [0, 0.05) is 5.69 Å². The average Bonchev–Trinajstić information content (AvgIpc) is 2.49. The number of phenols is 1. The lowest BCUT2D eigenvalue weighted by atomic mass is 10.0. The van der Waals surface area contributed by atoms with Gasteiger partial charge in [-0.3, -0.25) is 4.79 Å². The van der Waals surface area contributed by atoms with Crippen molar-refractivity contribution in [2.75, 3.05) is 5.32 Å². The van der Waals surface area contributed by atoms with Crippen molar-refractivity contribution in [2.45, 2.75) is 6.92 Å². The van der Waals surface area contributed by atoms with Crippen LogP contribution >= 0.6 is 0 Å². The van der Waals surface area contributed by atoms with E-state index in [2.05, 4.69) is 5.32 Å². The summed E-state index contributed by atoms with van der Waals surface area (Å²) in [5, 5.41) is 14.6. The highest BCUT2D eigenvalue weighted by molar-refractivity contribution is 6.15. The Hall–Kier alpha value is -2.81. The molecule has 3 aromatic rings. The number of phenolic OH excluding ortho intramolecular Hbond substituents is 1. The molecule has 0 saturated carbocycles. The molecule has 0 saturated heterocycles. The van der Waals surface area contributed by atoms with Crippen LogP contribution in [0, 0.1) is 6.92 Å². The Labute approximate surface area is 122 Å². The molecule has 0 aromatic heterocycles. The second-order valence-electron chi connectivity index (χ2n) is 4.95. The summed E-state index contributed by atoms with van der Waals surface area (Å²) in [6.45, 7) is 1.93. The molecule has 0 aliphatic heterocycles. The summed E-state index contributed by atoms with van der Waals surface area (Å²) in [6, 6.07) is 18.4. The number of rotatable bonds is 2. The topological polar surface area (TPSA) is 49.3 Å². The molecule has 0 radical (unpaired) electrons. The molecular weight excluding hydrogens is 262 g/mol. The highest BCUT2D eigenvalue weighted by Crippen LogP contribution is 2.28. The van der Waals surface area contributed by atoms with E-state index in [0.717, 1.165) is 22.0 Å². The van der Waals surface area contributed by atoms with Gasteiger partial charge in [0.2, 0.25) is 0 Å². The predicted octanol–water partition coefficient (Wildman–Crippen LogP) is 4.11. The molecule has 1 amide bonds. The van der Waals surface area contributed by atoms with E-state index in [1.54, 1.807) is 12.1 Å². The second kappa shape index (κ2) is 5.29. The highest BCUT2D eigenvalue weighted by Gasteiger charge is 2.15. The third-order valence-corrected chi connectivity index (χ3v) is 3.53. The maximum absolute atomic E-state index is 12.5. The summed E-state index contributed by atoms with van der Waals surface area (Å²) in [6.07, 6.45) is 0. The third-order valence-electron chi connectivity index (χ3n) is 3.53. The summed E-state index contributed by atoms with van der Waals surface area (Å²) >= 11 is 0. The smallest absolute Gasteiger partial charge is 0.260 e. The molecule has 3 nitrogen and oxygen atoms in total. The molecule has 0 fully saturated rings. The Kier molecular flexibility index (Phi) is 3.32. The zero-order chi connectivity index (χ0) is 14.8. The monoisotopic (exact) mass is 277 g/mol. The number of amides is 1. The van der Waals surface area contributed by atoms with Gasteiger partial charge in [0.1, 0.15) is 5.75 Å². The SMILES string of the molecule is Cc1ccccc1NC(=O)c1c(O)ccc2ccccc12. The molecule has 3 heteroatoms. The summed E-state index contributed by atoms with van der Waals surface area (Å²) in [7, 11) is 0. The minimum atomic E-state index is -0.307. The fraction of sp³-hybridized carbons (Fsp3) is 0.0556. The highest BCUT2D eigenvalue weighted by atomic mass is 16.3. The lowest BCUT2D eigenvalue weighted by Crippen LogP contribution is -2.13. The van der Waals surface area contributed by atoms with Crippen LogP contribution in [0.25, 0.3) is 10.8 Å². The fourth-order valence-corrected chi connectivity index (χ4v) is 2.40. The predicted molar refractivity (Wildman–Crippen MR) is 84.7 cm³/mol. The molecule has 2 N–H and O–H groups in total. The number of hydrogen-bond acceptors (Lipinski definition) is 2. The number of carbonyl (C=O) groups is 1. The van der Waals surface area contributed by atoms with E-state index in [9.17, 15) is 9.90 Å². The number of anilines is 1. The van der Waals surface area contributed by atoms with Crippen LogP contribution in [0.5, 0.6) is 5.75 Å². The van der Waals surface area contributed by atoms with Gasteiger partial charge >= 0.3 is 0 Å². The maximum atomic E-state index is 12.5. The van der Waals surface area contributed by atoms with Crippen molar-refractivity contribution >= 4 is 22.4 Å². The lowest BCUT2D eigenvalue weighted by Gasteiger charge is -2.11. The van der Waals surface area contributed by atoms with E-state index in [1.165, 1.54) is 0 Å². The molecule has 0 unspecified atom stereocenters. The van der Waals surface area contributed by atoms with E-state index in [-0.39, 0.29) is 11.7 Å². The Balaban J connectivity index is 2.06. The summed E-state index contributed by atoms with van der Waals surface area (Å²) in [4.78, 5) is 12.5. The van der Waals surface area contributed by atoms with E-state index in [4.69, 9.17) is 0 Å². The van der Waals surface area contributed by atoms with Gasteiger partial charge < -0.3 is 10.4 Å². The molecule has 0 heterocycles. The molecule has 0 bridgehead atoms. The van der Waals surface area contributed by atoms with Gasteiger partial charge in [-0.15, -0.1) is 0 Å². The first-order valence-corrected chi connectivity index (χ1v) is 6.74. The van der Waals surface area contributed by atoms with Crippen LogP contribution in [-0.2, 0) is 0 Å². The van der Waals surface area contributed by atoms with Gasteiger partial charge in [-0.05, 0) is 35.4 Å². The summed E-state index contributed by atoms with van der Waals surface area (Å²) < 4.78 is 0. The van der Waals surface area contributed by atoms with Crippen LogP contribution in [-0.4, -0.2) is 11.0 Å². The van der Waals surface area contributed by atoms with E-state index < -0.39 is 0 Å². The van der Waals surface area contributed by atoms with Crippen molar-refractivity contribution in [1.29, 1.82) is 0 Å². The zero-order valence-electron chi connectivity index (χ0n) is 11.6. The van der Waals surface area contributed by atoms with Crippen molar-refractivity contribution in [3.63, 3.8) is 0 Å². The standard InChI is InChI=1S/C18H15NO2/c1-12-6-2-5-9-15(12)19-18(21)17-14-8-4-3-7-13(14)10-11-16(17)20/h2-11,20H,1H3,(H,19,21). The van der Waals surface area contributed by atoms with Crippen LogP contribution in [0.3, 0.4) is 0 Å². The number of hydrogen-bond donors (Lipinski definition) is 2. The van der Waals surface area contributed by atoms with Crippen LogP contribution in [0.2, 0.25) is 0 Å². The Morgan fingerprint density at radius 3 is 2.48 bits per heavy atom. The molecule has 21 heavy (non-hydrogen) atoms. The van der Waals surface area contributed by atoms with Gasteiger partial charge in [-0.2, -0.15) is 0 Å². The first-order chi connectivity index (χ1) is 10.2. The van der Waals surface area contributed by atoms with Crippen molar-refractivity contribution in [3.8, 4) is 5.75 Å². The van der Waals surface area contributed by atoms with Crippen LogP contribution < -0.4 is 5.32 Å².